The molecule has 1 saturated carbocycles. The van der Waals surface area contributed by atoms with Gasteiger partial charge < -0.3 is 4.57 Å². The Hall–Kier alpha value is -0.570. The van der Waals surface area contributed by atoms with Crippen LogP contribution in [0.15, 0.2) is 16.9 Å². The van der Waals surface area contributed by atoms with E-state index in [-0.39, 0.29) is 5.56 Å². The Morgan fingerprint density at radius 2 is 2.07 bits per heavy atom. The summed E-state index contributed by atoms with van der Waals surface area (Å²) in [5, 5.41) is 0.652. The van der Waals surface area contributed by atoms with Crippen molar-refractivity contribution >= 4 is 15.9 Å². The summed E-state index contributed by atoms with van der Waals surface area (Å²) >= 11 is 3.36. The molecule has 1 aromatic rings. The molecule has 1 aliphatic rings. The van der Waals surface area contributed by atoms with Crippen LogP contribution in [0, 0.1) is 6.92 Å². The van der Waals surface area contributed by atoms with Crippen LogP contribution in [0.3, 0.4) is 0 Å². The molecule has 1 heterocycles. The van der Waals surface area contributed by atoms with Gasteiger partial charge in [-0.3, -0.25) is 4.79 Å². The van der Waals surface area contributed by atoms with Crippen molar-refractivity contribution in [3.8, 4) is 0 Å². The SMILES string of the molecule is Cc1ccc(CBr)c(=O)n1C1CCCC1. The zero-order chi connectivity index (χ0) is 10.8. The predicted molar refractivity (Wildman–Crippen MR) is 65.6 cm³/mol. The van der Waals surface area contributed by atoms with Crippen LogP contribution < -0.4 is 5.56 Å². The van der Waals surface area contributed by atoms with Crippen LogP contribution >= 0.6 is 15.9 Å². The topological polar surface area (TPSA) is 22.0 Å². The highest BCUT2D eigenvalue weighted by atomic mass is 79.9. The maximum atomic E-state index is 12.1. The molecule has 0 aliphatic heterocycles. The smallest absolute Gasteiger partial charge is 0.255 e. The van der Waals surface area contributed by atoms with Gasteiger partial charge in [0.15, 0.2) is 0 Å². The van der Waals surface area contributed by atoms with E-state index in [4.69, 9.17) is 0 Å². The van der Waals surface area contributed by atoms with Crippen LogP contribution in [0.2, 0.25) is 0 Å². The molecule has 0 bridgehead atoms. The molecule has 0 aromatic carbocycles. The third-order valence-corrected chi connectivity index (χ3v) is 3.84. The molecule has 2 rings (SSSR count). The van der Waals surface area contributed by atoms with Crippen molar-refractivity contribution < 1.29 is 0 Å². The lowest BCUT2D eigenvalue weighted by molar-refractivity contribution is 0.489. The van der Waals surface area contributed by atoms with Crippen molar-refractivity contribution in [3.05, 3.63) is 33.7 Å². The van der Waals surface area contributed by atoms with Crippen molar-refractivity contribution in [2.24, 2.45) is 0 Å². The van der Waals surface area contributed by atoms with E-state index in [0.717, 1.165) is 24.1 Å². The summed E-state index contributed by atoms with van der Waals surface area (Å²) < 4.78 is 1.99. The molecule has 82 valence electrons. The molecular formula is C12H16BrNO. The van der Waals surface area contributed by atoms with E-state index in [1.54, 1.807) is 0 Å². The second-order valence-electron chi connectivity index (χ2n) is 4.25. The number of rotatable bonds is 2. The minimum absolute atomic E-state index is 0.193. The van der Waals surface area contributed by atoms with Gasteiger partial charge in [0.25, 0.3) is 5.56 Å². The Bertz CT molecular complexity index is 405. The minimum Gasteiger partial charge on any atom is -0.310 e. The Kier molecular flexibility index (Phi) is 3.29. The standard InChI is InChI=1S/C12H16BrNO/c1-9-6-7-10(8-13)12(15)14(9)11-4-2-3-5-11/h6-7,11H,2-5,8H2,1H3. The van der Waals surface area contributed by atoms with Gasteiger partial charge in [-0.25, -0.2) is 0 Å². The highest BCUT2D eigenvalue weighted by molar-refractivity contribution is 9.08. The highest BCUT2D eigenvalue weighted by Gasteiger charge is 2.19. The average molecular weight is 270 g/mol. The second kappa shape index (κ2) is 4.52. The van der Waals surface area contributed by atoms with Gasteiger partial charge in [0, 0.05) is 22.6 Å². The van der Waals surface area contributed by atoms with Gasteiger partial charge in [-0.2, -0.15) is 0 Å². The van der Waals surface area contributed by atoms with Crippen LogP contribution in [0.5, 0.6) is 0 Å². The lowest BCUT2D eigenvalue weighted by Gasteiger charge is -2.17. The largest absolute Gasteiger partial charge is 0.310 e. The van der Waals surface area contributed by atoms with Gasteiger partial charge in [-0.15, -0.1) is 0 Å². The minimum atomic E-state index is 0.193. The Morgan fingerprint density at radius 1 is 1.40 bits per heavy atom. The third-order valence-electron chi connectivity index (χ3n) is 3.23. The molecule has 0 N–H and O–H groups in total. The first-order valence-electron chi connectivity index (χ1n) is 5.51. The Labute approximate surface area is 98.4 Å². The zero-order valence-electron chi connectivity index (χ0n) is 9.00. The number of nitrogens with zero attached hydrogens (tertiary/aromatic N) is 1. The number of hydrogen-bond donors (Lipinski definition) is 0. The number of pyridine rings is 1. The lowest BCUT2D eigenvalue weighted by atomic mass is 10.2. The number of aryl methyl sites for hydroxylation is 1. The van der Waals surface area contributed by atoms with Crippen molar-refractivity contribution in [3.63, 3.8) is 0 Å². The summed E-state index contributed by atoms with van der Waals surface area (Å²) in [6, 6.07) is 4.42. The predicted octanol–water partition coefficient (Wildman–Crippen LogP) is 3.17. The van der Waals surface area contributed by atoms with Crippen LogP contribution in [-0.4, -0.2) is 4.57 Å². The van der Waals surface area contributed by atoms with Crippen molar-refractivity contribution in [1.82, 2.24) is 4.57 Å². The van der Waals surface area contributed by atoms with Gasteiger partial charge in [0.2, 0.25) is 0 Å². The van der Waals surface area contributed by atoms with Crippen LogP contribution in [0.4, 0.5) is 0 Å². The highest BCUT2D eigenvalue weighted by Crippen LogP contribution is 2.29. The van der Waals surface area contributed by atoms with E-state index >= 15 is 0 Å². The number of hydrogen-bond acceptors (Lipinski definition) is 1. The van der Waals surface area contributed by atoms with Gasteiger partial charge in [-0.1, -0.05) is 34.8 Å². The van der Waals surface area contributed by atoms with Gasteiger partial charge in [-0.05, 0) is 25.8 Å². The van der Waals surface area contributed by atoms with Crippen LogP contribution in [-0.2, 0) is 5.33 Å². The van der Waals surface area contributed by atoms with E-state index in [9.17, 15) is 4.79 Å². The zero-order valence-corrected chi connectivity index (χ0v) is 10.6. The third kappa shape index (κ3) is 2.03. The number of alkyl halides is 1. The summed E-state index contributed by atoms with van der Waals surface area (Å²) in [5.74, 6) is 0. The normalized spacial score (nSPS) is 17.2. The lowest BCUT2D eigenvalue weighted by Crippen LogP contribution is -2.27. The van der Waals surface area contributed by atoms with Gasteiger partial charge in [0.05, 0.1) is 0 Å². The molecule has 0 atom stereocenters. The van der Waals surface area contributed by atoms with Crippen LogP contribution in [0.25, 0.3) is 0 Å². The molecule has 1 aliphatic carbocycles. The molecule has 0 spiro atoms. The first-order valence-corrected chi connectivity index (χ1v) is 6.63. The summed E-state index contributed by atoms with van der Waals surface area (Å²) in [5.41, 5.74) is 2.16. The second-order valence-corrected chi connectivity index (χ2v) is 4.81. The van der Waals surface area contributed by atoms with Crippen molar-refractivity contribution in [1.29, 1.82) is 0 Å². The fourth-order valence-corrected chi connectivity index (χ4v) is 2.83. The summed E-state index contributed by atoms with van der Waals surface area (Å²) in [6.07, 6.45) is 4.84. The van der Waals surface area contributed by atoms with E-state index in [1.165, 1.54) is 12.8 Å². The fraction of sp³-hybridized carbons (Fsp3) is 0.583. The molecule has 0 unspecified atom stereocenters. The first kappa shape index (κ1) is 10.9. The Morgan fingerprint density at radius 3 is 2.67 bits per heavy atom. The fourth-order valence-electron chi connectivity index (χ4n) is 2.41. The summed E-state index contributed by atoms with van der Waals surface area (Å²) in [4.78, 5) is 12.1. The molecular weight excluding hydrogens is 254 g/mol. The van der Waals surface area contributed by atoms with Crippen LogP contribution in [0.1, 0.15) is 43.0 Å². The Balaban J connectivity index is 2.48. The molecule has 0 amide bonds. The quantitative estimate of drug-likeness (QED) is 0.756. The molecule has 0 saturated heterocycles. The van der Waals surface area contributed by atoms with E-state index in [0.29, 0.717) is 11.4 Å². The van der Waals surface area contributed by atoms with E-state index < -0.39 is 0 Å². The molecule has 1 aromatic heterocycles. The summed E-state index contributed by atoms with van der Waals surface area (Å²) in [7, 11) is 0. The van der Waals surface area contributed by atoms with Crippen molar-refractivity contribution in [2.45, 2.75) is 44.0 Å². The van der Waals surface area contributed by atoms with E-state index in [2.05, 4.69) is 22.0 Å². The molecule has 0 radical (unpaired) electrons. The monoisotopic (exact) mass is 269 g/mol. The van der Waals surface area contributed by atoms with E-state index in [1.807, 2.05) is 17.6 Å². The number of halogens is 1. The summed E-state index contributed by atoms with van der Waals surface area (Å²) in [6.45, 7) is 2.03. The van der Waals surface area contributed by atoms with Gasteiger partial charge in [0.1, 0.15) is 0 Å². The van der Waals surface area contributed by atoms with Crippen molar-refractivity contribution in [2.75, 3.05) is 0 Å². The van der Waals surface area contributed by atoms with Gasteiger partial charge >= 0.3 is 0 Å². The molecule has 15 heavy (non-hydrogen) atoms. The molecule has 2 nitrogen and oxygen atoms in total. The number of aromatic nitrogens is 1. The molecule has 1 fully saturated rings. The molecule has 3 heteroatoms. The average Bonchev–Trinajstić information content (AvgIpc) is 2.71. The maximum Gasteiger partial charge on any atom is 0.255 e. The maximum absolute atomic E-state index is 12.1. The first-order chi connectivity index (χ1) is 7.24.